The van der Waals surface area contributed by atoms with Gasteiger partial charge < -0.3 is 5.11 Å². The Bertz CT molecular complexity index is 783. The van der Waals surface area contributed by atoms with Gasteiger partial charge in [-0.3, -0.25) is 9.52 Å². The number of aliphatic carboxylic acids is 1. The zero-order chi connectivity index (χ0) is 15.6. The van der Waals surface area contributed by atoms with Crippen LogP contribution in [-0.2, 0) is 21.2 Å². The predicted octanol–water partition coefficient (Wildman–Crippen LogP) is 3.14. The van der Waals surface area contributed by atoms with E-state index in [1.807, 2.05) is 6.92 Å². The average molecular weight is 346 g/mol. The molecule has 0 atom stereocenters. The van der Waals surface area contributed by atoms with Gasteiger partial charge in [0.2, 0.25) is 0 Å². The highest BCUT2D eigenvalue weighted by molar-refractivity contribution is 7.94. The molecule has 0 aliphatic rings. The van der Waals surface area contributed by atoms with Gasteiger partial charge in [0, 0.05) is 4.88 Å². The van der Waals surface area contributed by atoms with Gasteiger partial charge in [0.15, 0.2) is 0 Å². The van der Waals surface area contributed by atoms with E-state index in [0.717, 1.165) is 16.9 Å². The van der Waals surface area contributed by atoms with Crippen molar-refractivity contribution in [2.24, 2.45) is 0 Å². The van der Waals surface area contributed by atoms with E-state index in [-0.39, 0.29) is 16.3 Å². The second-order valence-corrected chi connectivity index (χ2v) is 7.86. The molecule has 0 bridgehead atoms. The van der Waals surface area contributed by atoms with Gasteiger partial charge in [0.1, 0.15) is 4.21 Å². The molecule has 0 saturated carbocycles. The Morgan fingerprint density at radius 1 is 1.33 bits per heavy atom. The number of carbonyl (C=O) groups is 1. The first-order chi connectivity index (χ1) is 9.78. The fraction of sp³-hybridized carbons (Fsp3) is 0.154. The molecule has 1 heterocycles. The summed E-state index contributed by atoms with van der Waals surface area (Å²) in [6.45, 7) is 1.85. The van der Waals surface area contributed by atoms with Gasteiger partial charge in [-0.2, -0.15) is 0 Å². The second-order valence-electron chi connectivity index (χ2n) is 4.38. The first kappa shape index (κ1) is 15.8. The molecule has 2 rings (SSSR count). The standard InChI is InChI=1S/C13H12ClNO4S2/c1-8-2-4-11(10(14)6-8)15-21(18,19)13-5-3-9(20-13)7-12(16)17/h2-6,15H,7H2,1H3,(H,16,17). The number of hydrogen-bond donors (Lipinski definition) is 2. The van der Waals surface area contributed by atoms with E-state index in [1.54, 1.807) is 18.2 Å². The number of halogens is 1. The van der Waals surface area contributed by atoms with E-state index in [2.05, 4.69) is 4.72 Å². The van der Waals surface area contributed by atoms with Gasteiger partial charge in [-0.05, 0) is 36.8 Å². The summed E-state index contributed by atoms with van der Waals surface area (Å²) in [5, 5.41) is 9.01. The lowest BCUT2D eigenvalue weighted by Gasteiger charge is -2.08. The summed E-state index contributed by atoms with van der Waals surface area (Å²) in [5.41, 5.74) is 1.21. The molecule has 0 radical (unpaired) electrons. The number of carboxylic acids is 1. The molecule has 112 valence electrons. The average Bonchev–Trinajstić information content (AvgIpc) is 2.81. The van der Waals surface area contributed by atoms with Gasteiger partial charge in [-0.25, -0.2) is 8.42 Å². The molecule has 0 fully saturated rings. The first-order valence-electron chi connectivity index (χ1n) is 5.87. The maximum atomic E-state index is 12.2. The minimum absolute atomic E-state index is 0.0513. The minimum atomic E-state index is -3.77. The number of benzene rings is 1. The predicted molar refractivity (Wildman–Crippen MR) is 82.7 cm³/mol. The van der Waals surface area contributed by atoms with E-state index in [1.165, 1.54) is 12.1 Å². The van der Waals surface area contributed by atoms with E-state index < -0.39 is 16.0 Å². The van der Waals surface area contributed by atoms with Gasteiger partial charge in [0.25, 0.3) is 10.0 Å². The third-order valence-electron chi connectivity index (χ3n) is 2.60. The SMILES string of the molecule is Cc1ccc(NS(=O)(=O)c2ccc(CC(=O)O)s2)c(Cl)c1. The molecule has 5 nitrogen and oxygen atoms in total. The molecule has 0 aliphatic heterocycles. The highest BCUT2D eigenvalue weighted by Crippen LogP contribution is 2.28. The Hall–Kier alpha value is -1.57. The topological polar surface area (TPSA) is 83.5 Å². The number of hydrogen-bond acceptors (Lipinski definition) is 4. The van der Waals surface area contributed by atoms with Crippen LogP contribution in [0, 0.1) is 6.92 Å². The summed E-state index contributed by atoms with van der Waals surface area (Å²) >= 11 is 6.92. The van der Waals surface area contributed by atoms with Crippen LogP contribution in [0.3, 0.4) is 0 Å². The quantitative estimate of drug-likeness (QED) is 0.872. The summed E-state index contributed by atoms with van der Waals surface area (Å²) in [6.07, 6.45) is -0.203. The summed E-state index contributed by atoms with van der Waals surface area (Å²) in [6, 6.07) is 7.86. The van der Waals surface area contributed by atoms with Crippen molar-refractivity contribution in [1.29, 1.82) is 0 Å². The summed E-state index contributed by atoms with van der Waals surface area (Å²) < 4.78 is 26.9. The second kappa shape index (κ2) is 6.05. The van der Waals surface area contributed by atoms with Crippen LogP contribution in [-0.4, -0.2) is 19.5 Å². The van der Waals surface area contributed by atoms with Crippen LogP contribution >= 0.6 is 22.9 Å². The van der Waals surface area contributed by atoms with Crippen LogP contribution in [0.1, 0.15) is 10.4 Å². The summed E-state index contributed by atoms with van der Waals surface area (Å²) in [5.74, 6) is -1.00. The van der Waals surface area contributed by atoms with Crippen molar-refractivity contribution in [2.75, 3.05) is 4.72 Å². The van der Waals surface area contributed by atoms with Crippen LogP contribution < -0.4 is 4.72 Å². The smallest absolute Gasteiger partial charge is 0.308 e. The zero-order valence-electron chi connectivity index (χ0n) is 11.0. The molecular formula is C13H12ClNO4S2. The molecule has 0 amide bonds. The number of nitrogens with one attached hydrogen (secondary N) is 1. The molecule has 0 aliphatic carbocycles. The molecule has 8 heteroatoms. The first-order valence-corrected chi connectivity index (χ1v) is 8.55. The normalized spacial score (nSPS) is 11.3. The Labute approximate surface area is 131 Å². The lowest BCUT2D eigenvalue weighted by Crippen LogP contribution is -2.11. The summed E-state index contributed by atoms with van der Waals surface area (Å²) in [4.78, 5) is 11.1. The fourth-order valence-corrected chi connectivity index (χ4v) is 4.41. The molecule has 1 aromatic heterocycles. The molecular weight excluding hydrogens is 334 g/mol. The number of sulfonamides is 1. The fourth-order valence-electron chi connectivity index (χ4n) is 1.64. The zero-order valence-corrected chi connectivity index (χ0v) is 13.3. The molecule has 2 aromatic rings. The van der Waals surface area contributed by atoms with Crippen molar-refractivity contribution in [2.45, 2.75) is 17.6 Å². The highest BCUT2D eigenvalue weighted by Gasteiger charge is 2.19. The minimum Gasteiger partial charge on any atom is -0.481 e. The summed E-state index contributed by atoms with van der Waals surface area (Å²) in [7, 11) is -3.77. The van der Waals surface area contributed by atoms with Crippen LogP contribution in [0.25, 0.3) is 0 Å². The lowest BCUT2D eigenvalue weighted by atomic mass is 10.2. The maximum Gasteiger partial charge on any atom is 0.308 e. The van der Waals surface area contributed by atoms with Crippen molar-refractivity contribution >= 4 is 44.6 Å². The monoisotopic (exact) mass is 345 g/mol. The van der Waals surface area contributed by atoms with Crippen LogP contribution in [0.2, 0.25) is 5.02 Å². The molecule has 2 N–H and O–H groups in total. The van der Waals surface area contributed by atoms with Gasteiger partial charge in [-0.1, -0.05) is 17.7 Å². The molecule has 0 spiro atoms. The molecule has 1 aromatic carbocycles. The van der Waals surface area contributed by atoms with E-state index in [9.17, 15) is 13.2 Å². The Balaban J connectivity index is 2.25. The third-order valence-corrected chi connectivity index (χ3v) is 5.85. The highest BCUT2D eigenvalue weighted by atomic mass is 35.5. The Morgan fingerprint density at radius 2 is 2.05 bits per heavy atom. The molecule has 21 heavy (non-hydrogen) atoms. The van der Waals surface area contributed by atoms with Crippen molar-refractivity contribution in [1.82, 2.24) is 0 Å². The lowest BCUT2D eigenvalue weighted by molar-refractivity contribution is -0.136. The third kappa shape index (κ3) is 3.96. The number of aryl methyl sites for hydroxylation is 1. The van der Waals surface area contributed by atoms with Crippen LogP contribution in [0.4, 0.5) is 5.69 Å². The number of anilines is 1. The number of carboxylic acid groups (broad SMARTS) is 1. The number of rotatable bonds is 5. The van der Waals surface area contributed by atoms with Crippen molar-refractivity contribution < 1.29 is 18.3 Å². The van der Waals surface area contributed by atoms with Crippen molar-refractivity contribution in [3.63, 3.8) is 0 Å². The Kier molecular flexibility index (Phi) is 4.55. The van der Waals surface area contributed by atoms with E-state index in [4.69, 9.17) is 16.7 Å². The van der Waals surface area contributed by atoms with Crippen molar-refractivity contribution in [3.8, 4) is 0 Å². The van der Waals surface area contributed by atoms with Gasteiger partial charge in [0.05, 0.1) is 17.1 Å². The molecule has 0 saturated heterocycles. The maximum absolute atomic E-state index is 12.2. The van der Waals surface area contributed by atoms with Crippen LogP contribution in [0.15, 0.2) is 34.5 Å². The van der Waals surface area contributed by atoms with E-state index in [0.29, 0.717) is 9.90 Å². The van der Waals surface area contributed by atoms with Crippen molar-refractivity contribution in [3.05, 3.63) is 45.8 Å². The Morgan fingerprint density at radius 3 is 2.67 bits per heavy atom. The van der Waals surface area contributed by atoms with Gasteiger partial charge in [-0.15, -0.1) is 11.3 Å². The largest absolute Gasteiger partial charge is 0.481 e. The van der Waals surface area contributed by atoms with Gasteiger partial charge >= 0.3 is 5.97 Å². The van der Waals surface area contributed by atoms with Crippen LogP contribution in [0.5, 0.6) is 0 Å². The number of thiophene rings is 1. The van der Waals surface area contributed by atoms with E-state index >= 15 is 0 Å². The molecule has 0 unspecified atom stereocenters.